The molecule has 0 saturated heterocycles. The van der Waals surface area contributed by atoms with E-state index in [1.54, 1.807) is 11.8 Å². The molecular weight excluding hydrogens is 318 g/mol. The Labute approximate surface area is 145 Å². The van der Waals surface area contributed by atoms with E-state index < -0.39 is 0 Å². The van der Waals surface area contributed by atoms with E-state index in [4.69, 9.17) is 9.26 Å². The molecule has 4 rings (SSSR count). The van der Waals surface area contributed by atoms with Gasteiger partial charge in [-0.15, -0.1) is 0 Å². The zero-order chi connectivity index (χ0) is 17.4. The van der Waals surface area contributed by atoms with Gasteiger partial charge in [-0.25, -0.2) is 4.98 Å². The summed E-state index contributed by atoms with van der Waals surface area (Å²) >= 11 is 0. The number of rotatable bonds is 2. The molecule has 6 heteroatoms. The Kier molecular flexibility index (Phi) is 3.72. The standard InChI is InChI=1S/C19H17N3O3/c1-12-8-9-15-18(20-12)24-11-10-22(15)19(23)16-13(2)25-21-17(16)14-6-4-3-5-7-14/h3-9H,10-11H2,1-2H3. The highest BCUT2D eigenvalue weighted by molar-refractivity contribution is 6.11. The Morgan fingerprint density at radius 2 is 1.92 bits per heavy atom. The van der Waals surface area contributed by atoms with Gasteiger partial charge in [-0.3, -0.25) is 9.69 Å². The maximum absolute atomic E-state index is 13.3. The van der Waals surface area contributed by atoms with E-state index in [1.165, 1.54) is 0 Å². The summed E-state index contributed by atoms with van der Waals surface area (Å²) in [5.41, 5.74) is 3.38. The van der Waals surface area contributed by atoms with Gasteiger partial charge in [0.1, 0.15) is 29.3 Å². The number of ether oxygens (including phenoxy) is 1. The van der Waals surface area contributed by atoms with Gasteiger partial charge in [-0.2, -0.15) is 0 Å². The molecule has 0 fully saturated rings. The molecule has 0 bridgehead atoms. The topological polar surface area (TPSA) is 68.5 Å². The average Bonchev–Trinajstić information content (AvgIpc) is 3.02. The number of aryl methyl sites for hydroxylation is 2. The fraction of sp³-hybridized carbons (Fsp3) is 0.211. The van der Waals surface area contributed by atoms with Gasteiger partial charge in [-0.05, 0) is 26.0 Å². The Morgan fingerprint density at radius 3 is 2.72 bits per heavy atom. The first kappa shape index (κ1) is 15.4. The van der Waals surface area contributed by atoms with E-state index >= 15 is 0 Å². The smallest absolute Gasteiger partial charge is 0.264 e. The third-order valence-electron chi connectivity index (χ3n) is 4.19. The minimum absolute atomic E-state index is 0.159. The number of carbonyl (C=O) groups is 1. The van der Waals surface area contributed by atoms with Gasteiger partial charge in [0.25, 0.3) is 5.91 Å². The molecular formula is C19H17N3O3. The van der Waals surface area contributed by atoms with Gasteiger partial charge in [-0.1, -0.05) is 35.5 Å². The van der Waals surface area contributed by atoms with Crippen LogP contribution in [0.5, 0.6) is 5.88 Å². The summed E-state index contributed by atoms with van der Waals surface area (Å²) in [6.45, 7) is 4.50. The van der Waals surface area contributed by atoms with Crippen LogP contribution in [0, 0.1) is 13.8 Å². The van der Waals surface area contributed by atoms with Crippen LogP contribution in [0.15, 0.2) is 47.0 Å². The predicted octanol–water partition coefficient (Wildman–Crippen LogP) is 3.39. The molecule has 1 aliphatic rings. The van der Waals surface area contributed by atoms with Gasteiger partial charge in [0.15, 0.2) is 0 Å². The van der Waals surface area contributed by atoms with Crippen LogP contribution in [-0.2, 0) is 0 Å². The van der Waals surface area contributed by atoms with Crippen LogP contribution in [0.4, 0.5) is 5.69 Å². The van der Waals surface area contributed by atoms with Crippen LogP contribution in [0.1, 0.15) is 21.8 Å². The molecule has 0 atom stereocenters. The van der Waals surface area contributed by atoms with E-state index in [9.17, 15) is 4.79 Å². The van der Waals surface area contributed by atoms with Crippen LogP contribution in [-0.4, -0.2) is 29.2 Å². The molecule has 1 aromatic carbocycles. The lowest BCUT2D eigenvalue weighted by atomic mass is 10.0. The summed E-state index contributed by atoms with van der Waals surface area (Å²) in [6.07, 6.45) is 0. The lowest BCUT2D eigenvalue weighted by Gasteiger charge is -2.28. The number of anilines is 1. The van der Waals surface area contributed by atoms with Crippen molar-refractivity contribution in [2.24, 2.45) is 0 Å². The van der Waals surface area contributed by atoms with Crippen LogP contribution in [0.2, 0.25) is 0 Å². The van der Waals surface area contributed by atoms with Gasteiger partial charge in [0.05, 0.1) is 6.54 Å². The predicted molar refractivity (Wildman–Crippen MR) is 92.8 cm³/mol. The number of benzene rings is 1. The molecule has 1 amide bonds. The van der Waals surface area contributed by atoms with Crippen molar-refractivity contribution in [1.82, 2.24) is 10.1 Å². The van der Waals surface area contributed by atoms with E-state index in [-0.39, 0.29) is 5.91 Å². The largest absolute Gasteiger partial charge is 0.474 e. The number of fused-ring (bicyclic) bond motifs is 1. The molecule has 126 valence electrons. The highest BCUT2D eigenvalue weighted by atomic mass is 16.5. The SMILES string of the molecule is Cc1ccc2c(n1)OCCN2C(=O)c1c(-c2ccccc2)noc1C. The van der Waals surface area contributed by atoms with Crippen molar-refractivity contribution >= 4 is 11.6 Å². The van der Waals surface area contributed by atoms with Gasteiger partial charge in [0.2, 0.25) is 5.88 Å². The summed E-state index contributed by atoms with van der Waals surface area (Å²) in [5, 5.41) is 4.10. The minimum atomic E-state index is -0.159. The molecule has 0 saturated carbocycles. The molecule has 2 aromatic heterocycles. The monoisotopic (exact) mass is 335 g/mol. The molecule has 6 nitrogen and oxygen atoms in total. The van der Waals surface area contributed by atoms with Gasteiger partial charge in [0, 0.05) is 11.3 Å². The number of pyridine rings is 1. The third-order valence-corrected chi connectivity index (χ3v) is 4.19. The Hall–Kier alpha value is -3.15. The van der Waals surface area contributed by atoms with E-state index in [1.807, 2.05) is 49.4 Å². The van der Waals surface area contributed by atoms with E-state index in [2.05, 4.69) is 10.1 Å². The summed E-state index contributed by atoms with van der Waals surface area (Å²) in [5.74, 6) is 0.819. The summed E-state index contributed by atoms with van der Waals surface area (Å²) in [7, 11) is 0. The minimum Gasteiger partial charge on any atom is -0.474 e. The van der Waals surface area contributed by atoms with Crippen molar-refractivity contribution in [2.75, 3.05) is 18.1 Å². The van der Waals surface area contributed by atoms with Crippen LogP contribution in [0.25, 0.3) is 11.3 Å². The first-order valence-corrected chi connectivity index (χ1v) is 8.09. The average molecular weight is 335 g/mol. The number of nitrogens with zero attached hydrogens (tertiary/aromatic N) is 3. The highest BCUT2D eigenvalue weighted by Crippen LogP contribution is 2.33. The van der Waals surface area contributed by atoms with Crippen molar-refractivity contribution in [3.8, 4) is 17.1 Å². The van der Waals surface area contributed by atoms with Gasteiger partial charge >= 0.3 is 0 Å². The number of carbonyl (C=O) groups excluding carboxylic acids is 1. The Morgan fingerprint density at radius 1 is 1.12 bits per heavy atom. The fourth-order valence-electron chi connectivity index (χ4n) is 2.95. The molecule has 0 radical (unpaired) electrons. The van der Waals surface area contributed by atoms with E-state index in [0.717, 1.165) is 11.3 Å². The molecule has 0 unspecified atom stereocenters. The second-order valence-electron chi connectivity index (χ2n) is 5.91. The maximum atomic E-state index is 13.3. The number of amides is 1. The third kappa shape index (κ3) is 2.65. The Balaban J connectivity index is 1.78. The van der Waals surface area contributed by atoms with Crippen molar-refractivity contribution in [3.63, 3.8) is 0 Å². The van der Waals surface area contributed by atoms with E-state index in [0.29, 0.717) is 41.7 Å². The summed E-state index contributed by atoms with van der Waals surface area (Å²) in [4.78, 5) is 19.3. The van der Waals surface area contributed by atoms with Gasteiger partial charge < -0.3 is 9.26 Å². The number of hydrogen-bond donors (Lipinski definition) is 0. The van der Waals surface area contributed by atoms with Crippen LogP contribution < -0.4 is 9.64 Å². The zero-order valence-electron chi connectivity index (χ0n) is 14.0. The Bertz CT molecular complexity index is 934. The van der Waals surface area contributed by atoms with Crippen molar-refractivity contribution in [3.05, 3.63) is 59.5 Å². The molecule has 0 N–H and O–H groups in total. The quantitative estimate of drug-likeness (QED) is 0.718. The zero-order valence-corrected chi connectivity index (χ0v) is 14.0. The number of aromatic nitrogens is 2. The first-order valence-electron chi connectivity index (χ1n) is 8.09. The molecule has 3 heterocycles. The fourth-order valence-corrected chi connectivity index (χ4v) is 2.95. The normalized spacial score (nSPS) is 13.3. The molecule has 0 spiro atoms. The van der Waals surface area contributed by atoms with Crippen molar-refractivity contribution < 1.29 is 14.1 Å². The molecule has 0 aliphatic carbocycles. The second kappa shape index (κ2) is 6.05. The lowest BCUT2D eigenvalue weighted by molar-refractivity contribution is 0.0974. The summed E-state index contributed by atoms with van der Waals surface area (Å²) in [6, 6.07) is 13.3. The van der Waals surface area contributed by atoms with Crippen molar-refractivity contribution in [2.45, 2.75) is 13.8 Å². The first-order chi connectivity index (χ1) is 12.1. The van der Waals surface area contributed by atoms with Crippen LogP contribution in [0.3, 0.4) is 0 Å². The summed E-state index contributed by atoms with van der Waals surface area (Å²) < 4.78 is 10.9. The lowest BCUT2D eigenvalue weighted by Crippen LogP contribution is -2.38. The molecule has 25 heavy (non-hydrogen) atoms. The molecule has 1 aliphatic heterocycles. The highest BCUT2D eigenvalue weighted by Gasteiger charge is 2.31. The second-order valence-corrected chi connectivity index (χ2v) is 5.91. The van der Waals surface area contributed by atoms with Crippen molar-refractivity contribution in [1.29, 1.82) is 0 Å². The maximum Gasteiger partial charge on any atom is 0.264 e. The number of hydrogen-bond acceptors (Lipinski definition) is 5. The van der Waals surface area contributed by atoms with Crippen LogP contribution >= 0.6 is 0 Å². The molecule has 3 aromatic rings.